The van der Waals surface area contributed by atoms with Crippen molar-refractivity contribution in [1.82, 2.24) is 9.97 Å². The van der Waals surface area contributed by atoms with Crippen molar-refractivity contribution in [2.45, 2.75) is 40.0 Å². The van der Waals surface area contributed by atoms with Gasteiger partial charge in [-0.05, 0) is 46.5 Å². The second-order valence-electron chi connectivity index (χ2n) is 6.49. The van der Waals surface area contributed by atoms with Crippen molar-refractivity contribution in [3.63, 3.8) is 0 Å². The van der Waals surface area contributed by atoms with Crippen LogP contribution in [0.15, 0.2) is 10.8 Å². The monoisotopic (exact) mass is 341 g/mol. The molecule has 1 aromatic heterocycles. The lowest BCUT2D eigenvalue weighted by atomic mass is 9.77. The van der Waals surface area contributed by atoms with E-state index < -0.39 is 0 Å². The Morgan fingerprint density at radius 2 is 2.05 bits per heavy atom. The maximum atomic E-state index is 5.47. The third-order valence-electron chi connectivity index (χ3n) is 4.16. The standard InChI is InChI=1S/C14H24BrN5/c1-14(2,3)10-5-4-7-20(8-6-10)13-11(15)12(19-16)17-9-18-13/h9-10H,4-8,16H2,1-3H3,(H,17,18,19). The Labute approximate surface area is 129 Å². The summed E-state index contributed by atoms with van der Waals surface area (Å²) in [6.07, 6.45) is 5.24. The number of nitrogens with two attached hydrogens (primary N) is 1. The highest BCUT2D eigenvalue weighted by Gasteiger charge is 2.28. The van der Waals surface area contributed by atoms with Crippen LogP contribution in [0.2, 0.25) is 0 Å². The van der Waals surface area contributed by atoms with E-state index in [2.05, 4.69) is 57.0 Å². The van der Waals surface area contributed by atoms with Crippen LogP contribution in [0.5, 0.6) is 0 Å². The van der Waals surface area contributed by atoms with E-state index in [1.165, 1.54) is 19.3 Å². The minimum absolute atomic E-state index is 0.378. The van der Waals surface area contributed by atoms with E-state index in [4.69, 9.17) is 5.84 Å². The number of aromatic nitrogens is 2. The molecule has 3 N–H and O–H groups in total. The summed E-state index contributed by atoms with van der Waals surface area (Å²) in [5, 5.41) is 0. The quantitative estimate of drug-likeness (QED) is 0.638. The molecule has 0 spiro atoms. The van der Waals surface area contributed by atoms with Gasteiger partial charge in [0.25, 0.3) is 0 Å². The average Bonchev–Trinajstić information content (AvgIpc) is 2.64. The van der Waals surface area contributed by atoms with Crippen molar-refractivity contribution in [1.29, 1.82) is 0 Å². The molecule has 6 heteroatoms. The van der Waals surface area contributed by atoms with Gasteiger partial charge in [-0.1, -0.05) is 20.8 Å². The Hall–Kier alpha value is -0.880. The van der Waals surface area contributed by atoms with Crippen molar-refractivity contribution >= 4 is 27.6 Å². The van der Waals surface area contributed by atoms with Crippen molar-refractivity contribution in [3.8, 4) is 0 Å². The molecule has 0 saturated carbocycles. The van der Waals surface area contributed by atoms with Crippen LogP contribution >= 0.6 is 15.9 Å². The maximum absolute atomic E-state index is 5.47. The zero-order valence-electron chi connectivity index (χ0n) is 12.5. The summed E-state index contributed by atoms with van der Waals surface area (Å²) >= 11 is 3.55. The molecule has 0 bridgehead atoms. The zero-order valence-corrected chi connectivity index (χ0v) is 14.1. The van der Waals surface area contributed by atoms with Crippen molar-refractivity contribution < 1.29 is 0 Å². The van der Waals surface area contributed by atoms with E-state index >= 15 is 0 Å². The number of rotatable bonds is 2. The smallest absolute Gasteiger partial charge is 0.159 e. The minimum atomic E-state index is 0.378. The number of nitrogens with zero attached hydrogens (tertiary/aromatic N) is 3. The zero-order chi connectivity index (χ0) is 14.8. The molecule has 2 heterocycles. The van der Waals surface area contributed by atoms with E-state index in [0.717, 1.165) is 29.3 Å². The molecule has 1 fully saturated rings. The largest absolute Gasteiger partial charge is 0.356 e. The first-order valence-corrected chi connectivity index (χ1v) is 7.95. The van der Waals surface area contributed by atoms with Gasteiger partial charge in [0.15, 0.2) is 5.82 Å². The molecule has 1 aliphatic rings. The fraction of sp³-hybridized carbons (Fsp3) is 0.714. The summed E-state index contributed by atoms with van der Waals surface area (Å²) in [6, 6.07) is 0. The molecule has 0 aromatic carbocycles. The van der Waals surface area contributed by atoms with Gasteiger partial charge in [-0.15, -0.1) is 0 Å². The number of hydrazine groups is 1. The van der Waals surface area contributed by atoms with Gasteiger partial charge < -0.3 is 10.3 Å². The molecule has 1 atom stereocenters. The Morgan fingerprint density at radius 1 is 1.30 bits per heavy atom. The molecule has 2 rings (SSSR count). The van der Waals surface area contributed by atoms with Crippen LogP contribution in [0.4, 0.5) is 11.6 Å². The number of anilines is 2. The van der Waals surface area contributed by atoms with Crippen LogP contribution < -0.4 is 16.2 Å². The highest BCUT2D eigenvalue weighted by Crippen LogP contribution is 2.36. The van der Waals surface area contributed by atoms with Crippen LogP contribution in [0.25, 0.3) is 0 Å². The lowest BCUT2D eigenvalue weighted by Crippen LogP contribution is -2.27. The molecular weight excluding hydrogens is 318 g/mol. The molecule has 1 saturated heterocycles. The fourth-order valence-electron chi connectivity index (χ4n) is 2.86. The number of hydrogen-bond acceptors (Lipinski definition) is 5. The third kappa shape index (κ3) is 3.41. The predicted molar refractivity (Wildman–Crippen MR) is 86.6 cm³/mol. The highest BCUT2D eigenvalue weighted by atomic mass is 79.9. The molecule has 0 aliphatic carbocycles. The van der Waals surface area contributed by atoms with E-state index in [9.17, 15) is 0 Å². The molecule has 20 heavy (non-hydrogen) atoms. The first kappa shape index (κ1) is 15.5. The normalized spacial score (nSPS) is 20.6. The summed E-state index contributed by atoms with van der Waals surface area (Å²) < 4.78 is 0.844. The van der Waals surface area contributed by atoms with Crippen LogP contribution in [0.1, 0.15) is 40.0 Å². The van der Waals surface area contributed by atoms with Gasteiger partial charge in [0.1, 0.15) is 16.6 Å². The summed E-state index contributed by atoms with van der Waals surface area (Å²) in [7, 11) is 0. The molecule has 0 amide bonds. The molecular formula is C14H24BrN5. The summed E-state index contributed by atoms with van der Waals surface area (Å²) in [5.74, 6) is 7.80. The Kier molecular flexibility index (Phi) is 4.86. The number of hydrogen-bond donors (Lipinski definition) is 2. The second kappa shape index (κ2) is 6.26. The number of nitrogen functional groups attached to an aromatic ring is 1. The van der Waals surface area contributed by atoms with Gasteiger partial charge in [-0.3, -0.25) is 0 Å². The molecule has 0 radical (unpaired) electrons. The van der Waals surface area contributed by atoms with E-state index in [0.29, 0.717) is 11.2 Å². The van der Waals surface area contributed by atoms with E-state index in [1.54, 1.807) is 6.33 Å². The van der Waals surface area contributed by atoms with Crippen LogP contribution in [-0.2, 0) is 0 Å². The first-order valence-electron chi connectivity index (χ1n) is 7.15. The topological polar surface area (TPSA) is 67.1 Å². The summed E-state index contributed by atoms with van der Waals surface area (Å²) in [4.78, 5) is 10.9. The van der Waals surface area contributed by atoms with Crippen molar-refractivity contribution in [2.24, 2.45) is 17.2 Å². The molecule has 112 valence electrons. The predicted octanol–water partition coefficient (Wildman–Crippen LogP) is 3.18. The molecule has 5 nitrogen and oxygen atoms in total. The van der Waals surface area contributed by atoms with Crippen LogP contribution in [0.3, 0.4) is 0 Å². The van der Waals surface area contributed by atoms with Crippen molar-refractivity contribution in [3.05, 3.63) is 10.8 Å². The fourth-order valence-corrected chi connectivity index (χ4v) is 3.43. The van der Waals surface area contributed by atoms with E-state index in [-0.39, 0.29) is 0 Å². The molecule has 1 aliphatic heterocycles. The van der Waals surface area contributed by atoms with Crippen LogP contribution in [-0.4, -0.2) is 23.1 Å². The van der Waals surface area contributed by atoms with Gasteiger partial charge in [0.05, 0.1) is 0 Å². The Morgan fingerprint density at radius 3 is 2.70 bits per heavy atom. The molecule has 1 aromatic rings. The summed E-state index contributed by atoms with van der Waals surface area (Å²) in [5.41, 5.74) is 2.98. The average molecular weight is 342 g/mol. The molecule has 1 unspecified atom stereocenters. The SMILES string of the molecule is CC(C)(C)C1CCCN(c2ncnc(NN)c2Br)CC1. The lowest BCUT2D eigenvalue weighted by molar-refractivity contribution is 0.220. The number of nitrogens with one attached hydrogen (secondary N) is 1. The van der Waals surface area contributed by atoms with Gasteiger partial charge in [0, 0.05) is 13.1 Å². The lowest BCUT2D eigenvalue weighted by Gasteiger charge is -2.30. The minimum Gasteiger partial charge on any atom is -0.356 e. The Balaban J connectivity index is 2.15. The Bertz CT molecular complexity index is 457. The highest BCUT2D eigenvalue weighted by molar-refractivity contribution is 9.10. The second-order valence-corrected chi connectivity index (χ2v) is 7.28. The van der Waals surface area contributed by atoms with Gasteiger partial charge in [-0.25, -0.2) is 15.8 Å². The van der Waals surface area contributed by atoms with Crippen LogP contribution in [0, 0.1) is 11.3 Å². The maximum Gasteiger partial charge on any atom is 0.159 e. The van der Waals surface area contributed by atoms with E-state index in [1.807, 2.05) is 0 Å². The number of halogens is 1. The van der Waals surface area contributed by atoms with Gasteiger partial charge >= 0.3 is 0 Å². The first-order chi connectivity index (χ1) is 9.43. The summed E-state index contributed by atoms with van der Waals surface area (Å²) in [6.45, 7) is 9.08. The third-order valence-corrected chi connectivity index (χ3v) is 4.89. The van der Waals surface area contributed by atoms with Gasteiger partial charge in [0.2, 0.25) is 0 Å². The van der Waals surface area contributed by atoms with Crippen molar-refractivity contribution in [2.75, 3.05) is 23.4 Å². The van der Waals surface area contributed by atoms with Gasteiger partial charge in [-0.2, -0.15) is 0 Å².